The van der Waals surface area contributed by atoms with Gasteiger partial charge in [0.2, 0.25) is 5.91 Å². The van der Waals surface area contributed by atoms with Crippen molar-refractivity contribution in [3.05, 3.63) is 28.9 Å². The maximum absolute atomic E-state index is 12.2. The van der Waals surface area contributed by atoms with E-state index >= 15 is 0 Å². The van der Waals surface area contributed by atoms with E-state index in [1.165, 1.54) is 0 Å². The second-order valence-corrected chi connectivity index (χ2v) is 8.02. The van der Waals surface area contributed by atoms with Crippen LogP contribution in [0.5, 0.6) is 0 Å². The number of halogens is 1. The van der Waals surface area contributed by atoms with Crippen molar-refractivity contribution in [2.45, 2.75) is 43.4 Å². The van der Waals surface area contributed by atoms with Crippen LogP contribution in [0.25, 0.3) is 10.9 Å². The summed E-state index contributed by atoms with van der Waals surface area (Å²) in [6.07, 6.45) is 4.46. The zero-order valence-corrected chi connectivity index (χ0v) is 14.4. The molecule has 2 aromatic rings. The van der Waals surface area contributed by atoms with Crippen LogP contribution in [0.3, 0.4) is 0 Å². The zero-order valence-electron chi connectivity index (χ0n) is 13.7. The van der Waals surface area contributed by atoms with Gasteiger partial charge in [-0.25, -0.2) is 0 Å². The number of aliphatic hydroxyl groups is 1. The number of amides is 1. The van der Waals surface area contributed by atoms with Crippen molar-refractivity contribution in [3.63, 3.8) is 0 Å². The van der Waals surface area contributed by atoms with Gasteiger partial charge in [-0.05, 0) is 55.2 Å². The molecule has 1 aromatic carbocycles. The van der Waals surface area contributed by atoms with Crippen LogP contribution in [0.15, 0.2) is 18.3 Å². The number of ether oxygens (including phenoxy) is 1. The summed E-state index contributed by atoms with van der Waals surface area (Å²) in [5, 5.41) is 22.8. The molecular weight excluding hydrogens is 342 g/mol. The van der Waals surface area contributed by atoms with E-state index in [-0.39, 0.29) is 18.1 Å². The number of aromatic nitrogens is 2. The Balaban J connectivity index is 1.32. The highest BCUT2D eigenvalue weighted by molar-refractivity contribution is 6.31. The number of H-pyrrole nitrogens is 1. The van der Waals surface area contributed by atoms with Crippen LogP contribution in [0.4, 0.5) is 0 Å². The number of carbonyl (C=O) groups is 1. The van der Waals surface area contributed by atoms with Crippen molar-refractivity contribution in [1.82, 2.24) is 15.5 Å². The Morgan fingerprint density at radius 3 is 2.92 bits per heavy atom. The quantitative estimate of drug-likeness (QED) is 0.781. The number of fused-ring (bicyclic) bond motifs is 2. The molecule has 7 heteroatoms. The SMILES string of the molecule is O=C(NC1[C@H]2CC(O)(c3cc(Cl)cc4[nH]ncc34)C[C@@H]12)C1CCCO1. The fraction of sp³-hybridized carbons (Fsp3) is 0.556. The third kappa shape index (κ3) is 2.46. The van der Waals surface area contributed by atoms with Crippen LogP contribution in [0.2, 0.25) is 5.02 Å². The number of hydrogen-bond acceptors (Lipinski definition) is 4. The molecule has 132 valence electrons. The van der Waals surface area contributed by atoms with E-state index in [0.29, 0.717) is 36.3 Å². The summed E-state index contributed by atoms with van der Waals surface area (Å²) in [7, 11) is 0. The first-order chi connectivity index (χ1) is 12.0. The first-order valence-corrected chi connectivity index (χ1v) is 9.20. The average molecular weight is 362 g/mol. The molecule has 1 aromatic heterocycles. The maximum atomic E-state index is 12.2. The van der Waals surface area contributed by atoms with Gasteiger partial charge >= 0.3 is 0 Å². The lowest BCUT2D eigenvalue weighted by atomic mass is 9.86. The van der Waals surface area contributed by atoms with Crippen molar-refractivity contribution in [2.75, 3.05) is 6.61 Å². The molecule has 0 spiro atoms. The van der Waals surface area contributed by atoms with Gasteiger partial charge in [-0.2, -0.15) is 5.10 Å². The first-order valence-electron chi connectivity index (χ1n) is 8.83. The lowest BCUT2D eigenvalue weighted by molar-refractivity contribution is -0.130. The Bertz CT molecular complexity index is 833. The number of nitrogens with zero attached hydrogens (tertiary/aromatic N) is 1. The van der Waals surface area contributed by atoms with E-state index in [1.54, 1.807) is 6.20 Å². The zero-order chi connectivity index (χ0) is 17.2. The summed E-state index contributed by atoms with van der Waals surface area (Å²) in [6.45, 7) is 0.671. The van der Waals surface area contributed by atoms with Crippen LogP contribution >= 0.6 is 11.6 Å². The van der Waals surface area contributed by atoms with E-state index in [2.05, 4.69) is 15.5 Å². The maximum Gasteiger partial charge on any atom is 0.249 e. The highest BCUT2D eigenvalue weighted by Gasteiger charge is 2.62. The Morgan fingerprint density at radius 1 is 1.40 bits per heavy atom. The molecule has 1 aliphatic heterocycles. The Kier molecular flexibility index (Phi) is 3.39. The second kappa shape index (κ2) is 5.43. The molecular formula is C18H20ClN3O3. The summed E-state index contributed by atoms with van der Waals surface area (Å²) in [4.78, 5) is 12.2. The van der Waals surface area contributed by atoms with Crippen LogP contribution in [0, 0.1) is 11.8 Å². The molecule has 25 heavy (non-hydrogen) atoms. The van der Waals surface area contributed by atoms with Crippen molar-refractivity contribution in [1.29, 1.82) is 0 Å². The van der Waals surface area contributed by atoms with Gasteiger partial charge in [-0.1, -0.05) is 11.6 Å². The molecule has 3 unspecified atom stereocenters. The molecule has 0 radical (unpaired) electrons. The smallest absolute Gasteiger partial charge is 0.249 e. The minimum absolute atomic E-state index is 0.000389. The molecule has 6 nitrogen and oxygen atoms in total. The van der Waals surface area contributed by atoms with Crippen molar-refractivity contribution < 1.29 is 14.6 Å². The summed E-state index contributed by atoms with van der Waals surface area (Å²) in [6, 6.07) is 3.82. The highest BCUT2D eigenvalue weighted by atomic mass is 35.5. The van der Waals surface area contributed by atoms with E-state index in [1.807, 2.05) is 12.1 Å². The number of aromatic amines is 1. The summed E-state index contributed by atoms with van der Waals surface area (Å²) in [5.74, 6) is 0.632. The number of hydrogen-bond donors (Lipinski definition) is 3. The minimum atomic E-state index is -0.909. The van der Waals surface area contributed by atoms with E-state index in [0.717, 1.165) is 29.3 Å². The summed E-state index contributed by atoms with van der Waals surface area (Å²) < 4.78 is 5.44. The molecule has 2 saturated carbocycles. The van der Waals surface area contributed by atoms with Gasteiger partial charge in [0.25, 0.3) is 0 Å². The minimum Gasteiger partial charge on any atom is -0.385 e. The Hall–Kier alpha value is -1.63. The molecule has 1 saturated heterocycles. The highest BCUT2D eigenvalue weighted by Crippen LogP contribution is 2.60. The summed E-state index contributed by atoms with van der Waals surface area (Å²) in [5.41, 5.74) is 0.757. The number of rotatable bonds is 3. The standard InChI is InChI=1S/C18H20ClN3O3/c19-9-4-13(12-8-20-22-14(12)5-9)18(24)6-10-11(7-18)16(10)21-17(23)15-2-1-3-25-15/h4-5,8,10-11,15-16,24H,1-3,6-7H2,(H,20,22)(H,21,23)/t10-,11+,15?,16?,18?. The molecule has 3 N–H and O–H groups in total. The molecule has 5 atom stereocenters. The molecule has 2 heterocycles. The molecule has 5 rings (SSSR count). The molecule has 3 aliphatic rings. The van der Waals surface area contributed by atoms with Gasteiger partial charge in [0, 0.05) is 23.1 Å². The number of benzene rings is 1. The predicted molar refractivity (Wildman–Crippen MR) is 92.1 cm³/mol. The fourth-order valence-corrected chi connectivity index (χ4v) is 4.96. The summed E-state index contributed by atoms with van der Waals surface area (Å²) >= 11 is 6.21. The third-order valence-electron chi connectivity index (χ3n) is 6.03. The number of nitrogens with one attached hydrogen (secondary N) is 2. The van der Waals surface area contributed by atoms with Gasteiger partial charge in [-0.3, -0.25) is 9.89 Å². The van der Waals surface area contributed by atoms with Gasteiger partial charge in [0.05, 0.1) is 17.3 Å². The van der Waals surface area contributed by atoms with Crippen LogP contribution in [-0.2, 0) is 15.1 Å². The van der Waals surface area contributed by atoms with Crippen molar-refractivity contribution >= 4 is 28.4 Å². The van der Waals surface area contributed by atoms with Crippen molar-refractivity contribution in [3.8, 4) is 0 Å². The van der Waals surface area contributed by atoms with Crippen LogP contribution < -0.4 is 5.32 Å². The van der Waals surface area contributed by atoms with Gasteiger partial charge in [-0.15, -0.1) is 0 Å². The second-order valence-electron chi connectivity index (χ2n) is 7.59. The first kappa shape index (κ1) is 15.6. The average Bonchev–Trinajstić information content (AvgIpc) is 3.12. The lowest BCUT2D eigenvalue weighted by Crippen LogP contribution is -2.39. The molecule has 0 bridgehead atoms. The Labute approximate surface area is 149 Å². The van der Waals surface area contributed by atoms with Gasteiger partial charge in [0.1, 0.15) is 6.10 Å². The molecule has 2 aliphatic carbocycles. The van der Waals surface area contributed by atoms with E-state index < -0.39 is 5.60 Å². The van der Waals surface area contributed by atoms with E-state index in [9.17, 15) is 9.90 Å². The van der Waals surface area contributed by atoms with E-state index in [4.69, 9.17) is 16.3 Å². The molecule has 1 amide bonds. The topological polar surface area (TPSA) is 87.2 Å². The number of carbonyl (C=O) groups excluding carboxylic acids is 1. The fourth-order valence-electron chi connectivity index (χ4n) is 4.74. The van der Waals surface area contributed by atoms with Gasteiger partial charge < -0.3 is 15.2 Å². The third-order valence-corrected chi connectivity index (χ3v) is 6.25. The predicted octanol–water partition coefficient (Wildman–Crippen LogP) is 2.11. The normalized spacial score (nSPS) is 36.6. The lowest BCUT2D eigenvalue weighted by Gasteiger charge is -2.27. The van der Waals surface area contributed by atoms with Crippen molar-refractivity contribution in [2.24, 2.45) is 11.8 Å². The molecule has 3 fully saturated rings. The largest absolute Gasteiger partial charge is 0.385 e. The van der Waals surface area contributed by atoms with Crippen LogP contribution in [-0.4, -0.2) is 40.0 Å². The van der Waals surface area contributed by atoms with Crippen LogP contribution in [0.1, 0.15) is 31.2 Å². The Morgan fingerprint density at radius 2 is 2.20 bits per heavy atom. The monoisotopic (exact) mass is 361 g/mol. The van der Waals surface area contributed by atoms with Gasteiger partial charge in [0.15, 0.2) is 0 Å².